The van der Waals surface area contributed by atoms with Crippen LogP contribution in [0.3, 0.4) is 0 Å². The topological polar surface area (TPSA) is 83.6 Å². The first-order chi connectivity index (χ1) is 9.54. The van der Waals surface area contributed by atoms with Gasteiger partial charge in [0.1, 0.15) is 0 Å². The largest absolute Gasteiger partial charge is 0.393 e. The first kappa shape index (κ1) is 13.1. The quantitative estimate of drug-likeness (QED) is 0.835. The molecule has 0 spiro atoms. The molecule has 2 bridgehead atoms. The van der Waals surface area contributed by atoms with Crippen molar-refractivity contribution in [2.24, 2.45) is 11.7 Å². The molecule has 0 aromatic heterocycles. The number of carbonyl (C=O) groups is 2. The van der Waals surface area contributed by atoms with Gasteiger partial charge >= 0.3 is 0 Å². The lowest BCUT2D eigenvalue weighted by molar-refractivity contribution is 0.0671. The number of benzene rings is 1. The lowest BCUT2D eigenvalue weighted by Crippen LogP contribution is -2.36. The fraction of sp³-hybridized carbons (Fsp3) is 0.467. The lowest BCUT2D eigenvalue weighted by Gasteiger charge is -2.27. The van der Waals surface area contributed by atoms with Crippen molar-refractivity contribution in [3.8, 4) is 0 Å². The van der Waals surface area contributed by atoms with E-state index in [0.717, 1.165) is 19.4 Å². The van der Waals surface area contributed by atoms with Crippen LogP contribution < -0.4 is 5.73 Å². The maximum atomic E-state index is 12.5. The molecule has 1 aliphatic heterocycles. The van der Waals surface area contributed by atoms with E-state index in [4.69, 9.17) is 5.73 Å². The molecule has 0 radical (unpaired) electrons. The van der Waals surface area contributed by atoms with E-state index in [1.165, 1.54) is 0 Å². The summed E-state index contributed by atoms with van der Waals surface area (Å²) >= 11 is 0. The number of fused-ring (bicyclic) bond motifs is 2. The molecule has 2 fully saturated rings. The normalized spacial score (nSPS) is 28.4. The zero-order chi connectivity index (χ0) is 14.3. The van der Waals surface area contributed by atoms with E-state index in [0.29, 0.717) is 23.5 Å². The third kappa shape index (κ3) is 2.29. The standard InChI is InChI=1S/C15H18N2O3/c16-14(19)10-1-3-11(4-2-10)15(20)17-8-9-5-12(17)7-13(18)6-9/h1-4,9,12-13,18H,5-8H2,(H2,16,19). The zero-order valence-corrected chi connectivity index (χ0v) is 11.2. The Kier molecular flexibility index (Phi) is 3.22. The highest BCUT2D eigenvalue weighted by Gasteiger charge is 2.41. The Labute approximate surface area is 117 Å². The molecule has 1 saturated carbocycles. The second-order valence-corrected chi connectivity index (χ2v) is 5.78. The highest BCUT2D eigenvalue weighted by molar-refractivity contribution is 5.97. The van der Waals surface area contributed by atoms with Crippen LogP contribution in [0.25, 0.3) is 0 Å². The van der Waals surface area contributed by atoms with Crippen molar-refractivity contribution >= 4 is 11.8 Å². The molecule has 1 saturated heterocycles. The number of nitrogens with two attached hydrogens (primary N) is 1. The summed E-state index contributed by atoms with van der Waals surface area (Å²) in [5.74, 6) is -0.107. The van der Waals surface area contributed by atoms with Gasteiger partial charge in [-0.05, 0) is 49.4 Å². The Balaban J connectivity index is 1.77. The second-order valence-electron chi connectivity index (χ2n) is 5.78. The maximum absolute atomic E-state index is 12.5. The molecule has 20 heavy (non-hydrogen) atoms. The molecule has 106 valence electrons. The van der Waals surface area contributed by atoms with Crippen LogP contribution in [0.15, 0.2) is 24.3 Å². The summed E-state index contributed by atoms with van der Waals surface area (Å²) < 4.78 is 0. The molecule has 2 aliphatic rings. The number of rotatable bonds is 2. The van der Waals surface area contributed by atoms with Crippen molar-refractivity contribution in [3.05, 3.63) is 35.4 Å². The molecular formula is C15H18N2O3. The van der Waals surface area contributed by atoms with Crippen molar-refractivity contribution in [2.75, 3.05) is 6.54 Å². The monoisotopic (exact) mass is 274 g/mol. The predicted octanol–water partition coefficient (Wildman–Crippen LogP) is 0.771. The van der Waals surface area contributed by atoms with E-state index in [2.05, 4.69) is 0 Å². The fourth-order valence-corrected chi connectivity index (χ4v) is 3.39. The van der Waals surface area contributed by atoms with Crippen molar-refractivity contribution in [1.29, 1.82) is 0 Å². The molecule has 3 rings (SSSR count). The minimum Gasteiger partial charge on any atom is -0.393 e. The number of likely N-dealkylation sites (tertiary alicyclic amines) is 1. The molecule has 1 heterocycles. The Morgan fingerprint density at radius 2 is 1.75 bits per heavy atom. The third-order valence-corrected chi connectivity index (χ3v) is 4.33. The summed E-state index contributed by atoms with van der Waals surface area (Å²) in [6.45, 7) is 0.720. The van der Waals surface area contributed by atoms with Gasteiger partial charge in [0.25, 0.3) is 5.91 Å². The van der Waals surface area contributed by atoms with Crippen molar-refractivity contribution in [1.82, 2.24) is 4.90 Å². The lowest BCUT2D eigenvalue weighted by atomic mass is 9.88. The highest BCUT2D eigenvalue weighted by Crippen LogP contribution is 2.36. The highest BCUT2D eigenvalue weighted by atomic mass is 16.3. The summed E-state index contributed by atoms with van der Waals surface area (Å²) in [6.07, 6.45) is 2.17. The van der Waals surface area contributed by atoms with Gasteiger partial charge in [-0.3, -0.25) is 9.59 Å². The minimum absolute atomic E-state index is 0.0254. The van der Waals surface area contributed by atoms with E-state index < -0.39 is 5.91 Å². The van der Waals surface area contributed by atoms with Crippen LogP contribution in [-0.2, 0) is 0 Å². The van der Waals surface area contributed by atoms with Gasteiger partial charge in [0.2, 0.25) is 5.91 Å². The molecular weight excluding hydrogens is 256 g/mol. The third-order valence-electron chi connectivity index (χ3n) is 4.33. The number of primary amides is 1. The number of aliphatic hydroxyl groups is 1. The van der Waals surface area contributed by atoms with Crippen LogP contribution in [0.5, 0.6) is 0 Å². The Morgan fingerprint density at radius 3 is 2.40 bits per heavy atom. The second kappa shape index (κ2) is 4.90. The SMILES string of the molecule is NC(=O)c1ccc(C(=O)N2CC3CC(O)CC2C3)cc1. The Morgan fingerprint density at radius 1 is 1.10 bits per heavy atom. The first-order valence-corrected chi connectivity index (χ1v) is 6.93. The molecule has 2 amide bonds. The van der Waals surface area contributed by atoms with Gasteiger partial charge in [-0.1, -0.05) is 0 Å². The first-order valence-electron chi connectivity index (χ1n) is 6.93. The number of carbonyl (C=O) groups excluding carboxylic acids is 2. The zero-order valence-electron chi connectivity index (χ0n) is 11.2. The molecule has 3 unspecified atom stereocenters. The van der Waals surface area contributed by atoms with Crippen LogP contribution in [0, 0.1) is 5.92 Å². The average molecular weight is 274 g/mol. The molecule has 1 aromatic rings. The van der Waals surface area contributed by atoms with Gasteiger partial charge in [0.15, 0.2) is 0 Å². The molecule has 3 atom stereocenters. The van der Waals surface area contributed by atoms with E-state index in [9.17, 15) is 14.7 Å². The molecule has 1 aromatic carbocycles. The van der Waals surface area contributed by atoms with Gasteiger partial charge < -0.3 is 15.7 Å². The van der Waals surface area contributed by atoms with Gasteiger partial charge in [0, 0.05) is 23.7 Å². The number of aliphatic hydroxyl groups excluding tert-OH is 1. The Hall–Kier alpha value is -1.88. The predicted molar refractivity (Wildman–Crippen MR) is 73.1 cm³/mol. The molecule has 5 nitrogen and oxygen atoms in total. The van der Waals surface area contributed by atoms with Gasteiger partial charge in [-0.15, -0.1) is 0 Å². The van der Waals surface area contributed by atoms with E-state index in [-0.39, 0.29) is 18.1 Å². The fourth-order valence-electron chi connectivity index (χ4n) is 3.39. The average Bonchev–Trinajstić information content (AvgIpc) is 2.73. The van der Waals surface area contributed by atoms with Crippen molar-refractivity contribution in [2.45, 2.75) is 31.4 Å². The van der Waals surface area contributed by atoms with Gasteiger partial charge in [-0.25, -0.2) is 0 Å². The van der Waals surface area contributed by atoms with Gasteiger partial charge in [-0.2, -0.15) is 0 Å². The number of hydrogen-bond donors (Lipinski definition) is 2. The molecule has 5 heteroatoms. The summed E-state index contributed by atoms with van der Waals surface area (Å²) in [5.41, 5.74) is 6.15. The van der Waals surface area contributed by atoms with E-state index >= 15 is 0 Å². The summed E-state index contributed by atoms with van der Waals surface area (Å²) in [5, 5.41) is 9.77. The van der Waals surface area contributed by atoms with Crippen LogP contribution in [0.4, 0.5) is 0 Å². The maximum Gasteiger partial charge on any atom is 0.254 e. The van der Waals surface area contributed by atoms with Crippen molar-refractivity contribution in [3.63, 3.8) is 0 Å². The summed E-state index contributed by atoms with van der Waals surface area (Å²) in [4.78, 5) is 25.4. The van der Waals surface area contributed by atoms with Crippen LogP contribution >= 0.6 is 0 Å². The van der Waals surface area contributed by atoms with Crippen LogP contribution in [0.1, 0.15) is 40.0 Å². The van der Waals surface area contributed by atoms with E-state index in [1.54, 1.807) is 24.3 Å². The molecule has 1 aliphatic carbocycles. The van der Waals surface area contributed by atoms with E-state index in [1.807, 2.05) is 4.90 Å². The number of nitrogens with zero attached hydrogens (tertiary/aromatic N) is 1. The smallest absolute Gasteiger partial charge is 0.254 e. The summed E-state index contributed by atoms with van der Waals surface area (Å²) in [7, 11) is 0. The number of amides is 2. The minimum atomic E-state index is -0.496. The Bertz CT molecular complexity index is 541. The number of hydrogen-bond acceptors (Lipinski definition) is 3. The van der Waals surface area contributed by atoms with Gasteiger partial charge in [0.05, 0.1) is 6.10 Å². The van der Waals surface area contributed by atoms with Crippen LogP contribution in [-0.4, -0.2) is 40.5 Å². The summed E-state index contributed by atoms with van der Waals surface area (Å²) in [6, 6.07) is 6.58. The van der Waals surface area contributed by atoms with Crippen LogP contribution in [0.2, 0.25) is 0 Å². The van der Waals surface area contributed by atoms with Crippen molar-refractivity contribution < 1.29 is 14.7 Å². The molecule has 3 N–H and O–H groups in total.